The number of hydrogen-bond donors (Lipinski definition) is 0. The molecule has 2 heterocycles. The average molecular weight is 730 g/mol. The van der Waals surface area contributed by atoms with Crippen LogP contribution in [0.2, 0.25) is 0 Å². The predicted octanol–water partition coefficient (Wildman–Crippen LogP) is 13.3. The van der Waals surface area contributed by atoms with E-state index >= 15 is 0 Å². The van der Waals surface area contributed by atoms with Crippen LogP contribution in [0.1, 0.15) is 25.0 Å². The fraction of sp³-hybridized carbons (Fsp3) is 0.0577. The van der Waals surface area contributed by atoms with Gasteiger partial charge in [-0.3, -0.25) is 4.98 Å². The Kier molecular flexibility index (Phi) is 8.13. The Balaban J connectivity index is 1.13. The van der Waals surface area contributed by atoms with Crippen molar-refractivity contribution in [2.24, 2.45) is 0 Å². The highest BCUT2D eigenvalue weighted by atomic mass is 15.0. The molecule has 1 aliphatic rings. The fourth-order valence-electron chi connectivity index (χ4n) is 8.35. The van der Waals surface area contributed by atoms with Crippen LogP contribution in [0.5, 0.6) is 0 Å². The first kappa shape index (κ1) is 34.0. The van der Waals surface area contributed by atoms with Crippen molar-refractivity contribution in [1.82, 2.24) is 19.9 Å². The summed E-state index contributed by atoms with van der Waals surface area (Å²) in [5.41, 5.74) is 14.4. The van der Waals surface area contributed by atoms with Crippen LogP contribution in [-0.2, 0) is 5.41 Å². The molecule has 2 aromatic heterocycles. The molecule has 0 amide bonds. The molecular formula is C52H35N5. The second-order valence-electron chi connectivity index (χ2n) is 15.0. The summed E-state index contributed by atoms with van der Waals surface area (Å²) < 4.78 is 0. The van der Waals surface area contributed by atoms with E-state index in [0.717, 1.165) is 60.8 Å². The Morgan fingerprint density at radius 2 is 1.02 bits per heavy atom. The van der Waals surface area contributed by atoms with Gasteiger partial charge in [0.15, 0.2) is 23.2 Å². The van der Waals surface area contributed by atoms with Crippen molar-refractivity contribution in [2.45, 2.75) is 19.3 Å². The molecule has 268 valence electrons. The van der Waals surface area contributed by atoms with Crippen LogP contribution >= 0.6 is 0 Å². The van der Waals surface area contributed by atoms with Crippen LogP contribution in [-0.4, -0.2) is 19.9 Å². The molecule has 0 aliphatic heterocycles. The van der Waals surface area contributed by atoms with E-state index in [9.17, 15) is 0 Å². The predicted molar refractivity (Wildman–Crippen MR) is 232 cm³/mol. The molecule has 0 bridgehead atoms. The maximum absolute atomic E-state index is 7.98. The van der Waals surface area contributed by atoms with Gasteiger partial charge in [-0.1, -0.05) is 147 Å². The number of fused-ring (bicyclic) bond motifs is 5. The Bertz CT molecular complexity index is 3020. The number of rotatable bonds is 6. The lowest BCUT2D eigenvalue weighted by Crippen LogP contribution is -2.15. The zero-order valence-electron chi connectivity index (χ0n) is 31.5. The van der Waals surface area contributed by atoms with Crippen molar-refractivity contribution in [1.29, 1.82) is 0 Å². The van der Waals surface area contributed by atoms with Crippen LogP contribution in [0, 0.1) is 6.57 Å². The van der Waals surface area contributed by atoms with E-state index in [4.69, 9.17) is 21.5 Å². The summed E-state index contributed by atoms with van der Waals surface area (Å²) in [5.74, 6) is 1.80. The van der Waals surface area contributed by atoms with Gasteiger partial charge in [-0.05, 0) is 91.2 Å². The molecule has 9 aromatic rings. The van der Waals surface area contributed by atoms with Gasteiger partial charge in [-0.15, -0.1) is 0 Å². The molecule has 7 aromatic carbocycles. The molecule has 0 spiro atoms. The van der Waals surface area contributed by atoms with E-state index in [-0.39, 0.29) is 5.41 Å². The first-order valence-corrected chi connectivity index (χ1v) is 19.1. The van der Waals surface area contributed by atoms with E-state index < -0.39 is 0 Å². The topological polar surface area (TPSA) is 55.9 Å². The summed E-state index contributed by atoms with van der Waals surface area (Å²) in [4.78, 5) is 23.7. The summed E-state index contributed by atoms with van der Waals surface area (Å²) in [6, 6.07) is 56.7. The van der Waals surface area contributed by atoms with Gasteiger partial charge < -0.3 is 0 Å². The Hall–Kier alpha value is -7.55. The molecule has 10 rings (SSSR count). The normalized spacial score (nSPS) is 12.5. The molecule has 1 aliphatic carbocycles. The third-order valence-corrected chi connectivity index (χ3v) is 11.2. The highest BCUT2D eigenvalue weighted by molar-refractivity contribution is 6.04. The summed E-state index contributed by atoms with van der Waals surface area (Å²) in [6.45, 7) is 12.5. The number of benzene rings is 7. The van der Waals surface area contributed by atoms with Crippen molar-refractivity contribution in [2.75, 3.05) is 0 Å². The summed E-state index contributed by atoms with van der Waals surface area (Å²) in [5, 5.41) is 2.14. The van der Waals surface area contributed by atoms with Gasteiger partial charge in [0.25, 0.3) is 0 Å². The van der Waals surface area contributed by atoms with Gasteiger partial charge in [0.1, 0.15) is 0 Å². The van der Waals surface area contributed by atoms with Crippen molar-refractivity contribution in [3.05, 3.63) is 199 Å². The molecule has 5 nitrogen and oxygen atoms in total. The van der Waals surface area contributed by atoms with Crippen molar-refractivity contribution in [3.63, 3.8) is 0 Å². The smallest absolute Gasteiger partial charge is 0.195 e. The maximum atomic E-state index is 7.98. The Morgan fingerprint density at radius 1 is 0.456 bits per heavy atom. The summed E-state index contributed by atoms with van der Waals surface area (Å²) >= 11 is 0. The van der Waals surface area contributed by atoms with Crippen molar-refractivity contribution >= 4 is 16.5 Å². The van der Waals surface area contributed by atoms with Crippen LogP contribution < -0.4 is 0 Å². The van der Waals surface area contributed by atoms with Crippen LogP contribution in [0.3, 0.4) is 0 Å². The lowest BCUT2D eigenvalue weighted by atomic mass is 9.79. The standard InChI is InChI=1S/C52H35N5/c1-52(2)45-31-38(24-25-43(45)44-26-23-35-16-10-18-46(53-3)47(35)48(44)52)40-28-41(39-17-11-27-54-32-39)30-42(29-40)51-56-49(36-14-8-5-9-15-36)55-50(57-51)37-21-19-34(20-22-37)33-12-6-4-7-13-33/h4-32H,1-2H3. The molecule has 57 heavy (non-hydrogen) atoms. The molecule has 0 atom stereocenters. The third-order valence-electron chi connectivity index (χ3n) is 11.2. The van der Waals surface area contributed by atoms with Gasteiger partial charge in [0, 0.05) is 40.1 Å². The lowest BCUT2D eigenvalue weighted by molar-refractivity contribution is 0.666. The second kappa shape index (κ2) is 13.6. The minimum Gasteiger partial charge on any atom is -0.264 e. The van der Waals surface area contributed by atoms with E-state index in [1.54, 1.807) is 6.20 Å². The highest BCUT2D eigenvalue weighted by Gasteiger charge is 2.37. The van der Waals surface area contributed by atoms with Gasteiger partial charge in [0.2, 0.25) is 0 Å². The van der Waals surface area contributed by atoms with Crippen molar-refractivity contribution in [3.8, 4) is 78.7 Å². The number of nitrogens with zero attached hydrogens (tertiary/aromatic N) is 5. The maximum Gasteiger partial charge on any atom is 0.195 e. The van der Waals surface area contributed by atoms with Crippen LogP contribution in [0.4, 0.5) is 5.69 Å². The van der Waals surface area contributed by atoms with E-state index in [0.29, 0.717) is 23.2 Å². The van der Waals surface area contributed by atoms with Crippen molar-refractivity contribution < 1.29 is 0 Å². The lowest BCUT2D eigenvalue weighted by Gasteiger charge is -2.24. The summed E-state index contributed by atoms with van der Waals surface area (Å²) in [7, 11) is 0. The Morgan fingerprint density at radius 3 is 1.70 bits per heavy atom. The molecule has 0 radical (unpaired) electrons. The zero-order valence-corrected chi connectivity index (χ0v) is 31.5. The zero-order chi connectivity index (χ0) is 38.5. The van der Waals surface area contributed by atoms with Crippen LogP contribution in [0.25, 0.3) is 94.3 Å². The Labute approximate surface area is 331 Å². The number of aromatic nitrogens is 4. The molecule has 0 saturated heterocycles. The highest BCUT2D eigenvalue weighted by Crippen LogP contribution is 2.53. The molecule has 0 fully saturated rings. The first-order chi connectivity index (χ1) is 27.9. The second-order valence-corrected chi connectivity index (χ2v) is 15.0. The molecule has 0 unspecified atom stereocenters. The van der Waals surface area contributed by atoms with E-state index in [1.807, 2.05) is 60.8 Å². The molecule has 0 N–H and O–H groups in total. The van der Waals surface area contributed by atoms with Gasteiger partial charge >= 0.3 is 0 Å². The van der Waals surface area contributed by atoms with E-state index in [1.165, 1.54) is 22.3 Å². The minimum atomic E-state index is -0.325. The number of pyridine rings is 1. The average Bonchev–Trinajstić information content (AvgIpc) is 3.52. The largest absolute Gasteiger partial charge is 0.264 e. The van der Waals surface area contributed by atoms with Gasteiger partial charge in [-0.25, -0.2) is 19.8 Å². The van der Waals surface area contributed by atoms with Gasteiger partial charge in [0.05, 0.1) is 6.57 Å². The summed E-state index contributed by atoms with van der Waals surface area (Å²) in [6.07, 6.45) is 3.69. The minimum absolute atomic E-state index is 0.325. The first-order valence-electron chi connectivity index (χ1n) is 19.1. The SMILES string of the molecule is [C-]#[N+]c1cccc2ccc3c(c12)C(C)(C)c1cc(-c2cc(-c4cccnc4)cc(-c4nc(-c5ccccc5)nc(-c5ccc(-c6ccccc6)cc5)n4)c2)ccc1-3. The molecular weight excluding hydrogens is 695 g/mol. The quantitative estimate of drug-likeness (QED) is 0.160. The van der Waals surface area contributed by atoms with E-state index in [2.05, 4.69) is 133 Å². The fourth-order valence-corrected chi connectivity index (χ4v) is 8.35. The van der Waals surface area contributed by atoms with Crippen LogP contribution in [0.15, 0.2) is 176 Å². The molecule has 5 heteroatoms. The monoisotopic (exact) mass is 729 g/mol. The molecule has 0 saturated carbocycles. The van der Waals surface area contributed by atoms with Gasteiger partial charge in [-0.2, -0.15) is 0 Å². The third kappa shape index (κ3) is 5.96. The number of hydrogen-bond acceptors (Lipinski definition) is 4.